The van der Waals surface area contributed by atoms with Crippen molar-refractivity contribution in [1.29, 1.82) is 0 Å². The first kappa shape index (κ1) is 13.4. The van der Waals surface area contributed by atoms with Crippen molar-refractivity contribution < 1.29 is 9.53 Å². The number of benzene rings is 1. The lowest BCUT2D eigenvalue weighted by Gasteiger charge is -2.26. The molecule has 0 spiro atoms. The Morgan fingerprint density at radius 1 is 1.29 bits per heavy atom. The van der Waals surface area contributed by atoms with Crippen molar-refractivity contribution >= 4 is 11.8 Å². The summed E-state index contributed by atoms with van der Waals surface area (Å²) in [6.45, 7) is 2.51. The minimum absolute atomic E-state index is 0.0426. The molecule has 0 saturated heterocycles. The van der Waals surface area contributed by atoms with Gasteiger partial charge in [-0.15, -0.1) is 0 Å². The third-order valence-electron chi connectivity index (χ3n) is 3.51. The molecule has 1 atom stereocenters. The molecule has 3 rings (SSSR count). The highest BCUT2D eigenvalue weighted by molar-refractivity contribution is 5.89. The summed E-state index contributed by atoms with van der Waals surface area (Å²) in [5.74, 6) is 1.42. The number of rotatable bonds is 2. The fourth-order valence-electron chi connectivity index (χ4n) is 2.41. The van der Waals surface area contributed by atoms with E-state index in [1.165, 1.54) is 0 Å². The molecule has 5 nitrogen and oxygen atoms in total. The van der Waals surface area contributed by atoms with E-state index in [9.17, 15) is 4.79 Å². The van der Waals surface area contributed by atoms with E-state index in [2.05, 4.69) is 15.6 Å². The first-order valence-electron chi connectivity index (χ1n) is 6.95. The van der Waals surface area contributed by atoms with Crippen LogP contribution in [0, 0.1) is 6.92 Å². The first-order valence-corrected chi connectivity index (χ1v) is 6.95. The molecule has 1 aliphatic heterocycles. The number of carbonyl (C=O) groups is 1. The average Bonchev–Trinajstić information content (AvgIpc) is 2.50. The zero-order chi connectivity index (χ0) is 14.7. The fourth-order valence-corrected chi connectivity index (χ4v) is 2.41. The van der Waals surface area contributed by atoms with E-state index >= 15 is 0 Å². The van der Waals surface area contributed by atoms with Crippen LogP contribution >= 0.6 is 0 Å². The standard InChI is InChI=1S/C16H17N3O2/c1-11-5-4-9-17-15(11)19-16(20)18-13-8-10-21-14-7-3-2-6-12(13)14/h2-7,9,13H,8,10H2,1H3,(H2,17,18,19,20)/t13-/m1/s1. The van der Waals surface area contributed by atoms with Crippen LogP contribution in [0.1, 0.15) is 23.6 Å². The van der Waals surface area contributed by atoms with Crippen LogP contribution in [0.2, 0.25) is 0 Å². The van der Waals surface area contributed by atoms with Crippen molar-refractivity contribution in [2.24, 2.45) is 0 Å². The maximum atomic E-state index is 12.1. The van der Waals surface area contributed by atoms with E-state index in [0.717, 1.165) is 23.3 Å². The van der Waals surface area contributed by atoms with Crippen molar-refractivity contribution in [1.82, 2.24) is 10.3 Å². The highest BCUT2D eigenvalue weighted by atomic mass is 16.5. The molecule has 5 heteroatoms. The average molecular weight is 283 g/mol. The van der Waals surface area contributed by atoms with Crippen molar-refractivity contribution in [2.75, 3.05) is 11.9 Å². The van der Waals surface area contributed by atoms with Gasteiger partial charge >= 0.3 is 6.03 Å². The third kappa shape index (κ3) is 2.97. The van der Waals surface area contributed by atoms with Crippen molar-refractivity contribution in [3.63, 3.8) is 0 Å². The Morgan fingerprint density at radius 3 is 3.00 bits per heavy atom. The Labute approximate surface area is 123 Å². The SMILES string of the molecule is Cc1cccnc1NC(=O)N[C@@H]1CCOc2ccccc21. The molecule has 0 bridgehead atoms. The summed E-state index contributed by atoms with van der Waals surface area (Å²) < 4.78 is 5.59. The van der Waals surface area contributed by atoms with Crippen LogP contribution in [0.15, 0.2) is 42.6 Å². The molecule has 0 aliphatic carbocycles. The Morgan fingerprint density at radius 2 is 2.14 bits per heavy atom. The topological polar surface area (TPSA) is 63.2 Å². The first-order chi connectivity index (χ1) is 10.2. The fraction of sp³-hybridized carbons (Fsp3) is 0.250. The summed E-state index contributed by atoms with van der Waals surface area (Å²) in [5, 5.41) is 5.77. The van der Waals surface area contributed by atoms with Gasteiger partial charge in [0.05, 0.1) is 12.6 Å². The van der Waals surface area contributed by atoms with Crippen molar-refractivity contribution in [3.8, 4) is 5.75 Å². The van der Waals surface area contributed by atoms with E-state index in [0.29, 0.717) is 12.4 Å². The van der Waals surface area contributed by atoms with E-state index in [-0.39, 0.29) is 12.1 Å². The van der Waals surface area contributed by atoms with Gasteiger partial charge in [0.25, 0.3) is 0 Å². The van der Waals surface area contributed by atoms with Gasteiger partial charge in [-0.1, -0.05) is 24.3 Å². The quantitative estimate of drug-likeness (QED) is 0.890. The molecule has 1 aromatic carbocycles. The van der Waals surface area contributed by atoms with E-state index < -0.39 is 0 Å². The number of pyridine rings is 1. The van der Waals surface area contributed by atoms with Gasteiger partial charge < -0.3 is 10.1 Å². The highest BCUT2D eigenvalue weighted by Crippen LogP contribution is 2.31. The number of hydrogen-bond acceptors (Lipinski definition) is 3. The van der Waals surface area contributed by atoms with Gasteiger partial charge in [0.2, 0.25) is 0 Å². The van der Waals surface area contributed by atoms with Gasteiger partial charge in [0.1, 0.15) is 11.6 Å². The normalized spacial score (nSPS) is 16.5. The number of amides is 2. The van der Waals surface area contributed by atoms with Gasteiger partial charge in [0, 0.05) is 18.2 Å². The molecule has 0 fully saturated rings. The van der Waals surface area contributed by atoms with Crippen LogP contribution in [0.5, 0.6) is 5.75 Å². The summed E-state index contributed by atoms with van der Waals surface area (Å²) in [6.07, 6.45) is 2.41. The van der Waals surface area contributed by atoms with Crippen LogP contribution in [-0.2, 0) is 0 Å². The van der Waals surface area contributed by atoms with Crippen LogP contribution in [0.3, 0.4) is 0 Å². The summed E-state index contributed by atoms with van der Waals surface area (Å²) in [7, 11) is 0. The number of nitrogens with one attached hydrogen (secondary N) is 2. The van der Waals surface area contributed by atoms with Gasteiger partial charge in [0.15, 0.2) is 0 Å². The van der Waals surface area contributed by atoms with Gasteiger partial charge in [-0.2, -0.15) is 0 Å². The van der Waals surface area contributed by atoms with Gasteiger partial charge in [-0.3, -0.25) is 5.32 Å². The molecule has 0 unspecified atom stereocenters. The molecule has 21 heavy (non-hydrogen) atoms. The maximum absolute atomic E-state index is 12.1. The van der Waals surface area contributed by atoms with Crippen molar-refractivity contribution in [2.45, 2.75) is 19.4 Å². The van der Waals surface area contributed by atoms with Crippen LogP contribution < -0.4 is 15.4 Å². The lowest BCUT2D eigenvalue weighted by molar-refractivity contribution is 0.232. The van der Waals surface area contributed by atoms with Crippen molar-refractivity contribution in [3.05, 3.63) is 53.7 Å². The van der Waals surface area contributed by atoms with Gasteiger partial charge in [-0.25, -0.2) is 9.78 Å². The molecule has 0 radical (unpaired) electrons. The predicted octanol–water partition coefficient (Wildman–Crippen LogP) is 3.04. The summed E-state index contributed by atoms with van der Waals surface area (Å²) in [6, 6.07) is 11.2. The predicted molar refractivity (Wildman–Crippen MR) is 80.4 cm³/mol. The van der Waals surface area contributed by atoms with E-state index in [4.69, 9.17) is 4.74 Å². The van der Waals surface area contributed by atoms with E-state index in [1.54, 1.807) is 6.20 Å². The molecule has 1 aromatic heterocycles. The molecule has 108 valence electrons. The number of aryl methyl sites for hydroxylation is 1. The maximum Gasteiger partial charge on any atom is 0.320 e. The highest BCUT2D eigenvalue weighted by Gasteiger charge is 2.22. The number of ether oxygens (including phenoxy) is 1. The largest absolute Gasteiger partial charge is 0.493 e. The lowest BCUT2D eigenvalue weighted by atomic mass is 10.0. The molecule has 2 heterocycles. The minimum atomic E-state index is -0.251. The lowest BCUT2D eigenvalue weighted by Crippen LogP contribution is -2.35. The second-order valence-corrected chi connectivity index (χ2v) is 4.99. The molecule has 0 saturated carbocycles. The molecule has 1 aliphatic rings. The van der Waals surface area contributed by atoms with Crippen LogP contribution in [0.4, 0.5) is 10.6 Å². The van der Waals surface area contributed by atoms with Crippen LogP contribution in [-0.4, -0.2) is 17.6 Å². The smallest absolute Gasteiger partial charge is 0.320 e. The number of anilines is 1. The van der Waals surface area contributed by atoms with Gasteiger partial charge in [-0.05, 0) is 24.6 Å². The molecule has 2 amide bonds. The number of urea groups is 1. The van der Waals surface area contributed by atoms with E-state index in [1.807, 2.05) is 43.3 Å². The molecular formula is C16H17N3O2. The number of carbonyl (C=O) groups excluding carboxylic acids is 1. The Kier molecular flexibility index (Phi) is 3.73. The Hall–Kier alpha value is -2.56. The minimum Gasteiger partial charge on any atom is -0.493 e. The second-order valence-electron chi connectivity index (χ2n) is 4.99. The zero-order valence-corrected chi connectivity index (χ0v) is 11.8. The Balaban J connectivity index is 1.70. The van der Waals surface area contributed by atoms with Crippen LogP contribution in [0.25, 0.3) is 0 Å². The number of hydrogen-bond donors (Lipinski definition) is 2. The summed E-state index contributed by atoms with van der Waals surface area (Å²) in [4.78, 5) is 16.3. The number of aromatic nitrogens is 1. The second kappa shape index (κ2) is 5.83. The zero-order valence-electron chi connectivity index (χ0n) is 11.8. The summed E-state index contributed by atoms with van der Waals surface area (Å²) in [5.41, 5.74) is 1.94. The monoisotopic (exact) mass is 283 g/mol. The number of para-hydroxylation sites is 1. The molecule has 2 aromatic rings. The third-order valence-corrected chi connectivity index (χ3v) is 3.51. The molecular weight excluding hydrogens is 266 g/mol. The number of nitrogens with zero attached hydrogens (tertiary/aromatic N) is 1. The summed E-state index contributed by atoms with van der Waals surface area (Å²) >= 11 is 0. The number of fused-ring (bicyclic) bond motifs is 1. The molecule has 2 N–H and O–H groups in total. The Bertz CT molecular complexity index is 657.